The number of alkyl halides is 2. The van der Waals surface area contributed by atoms with Crippen LogP contribution in [0.5, 0.6) is 5.75 Å². The predicted molar refractivity (Wildman–Crippen MR) is 144 cm³/mol. The van der Waals surface area contributed by atoms with Gasteiger partial charge in [-0.3, -0.25) is 0 Å². The third-order valence-corrected chi connectivity index (χ3v) is 7.56. The molecule has 0 aliphatic carbocycles. The zero-order valence-electron chi connectivity index (χ0n) is 22.5. The molecule has 0 bridgehead atoms. The van der Waals surface area contributed by atoms with Crippen LogP contribution in [0.2, 0.25) is 0 Å². The number of hydrogen-bond donors (Lipinski definition) is 2. The van der Waals surface area contributed by atoms with Crippen molar-refractivity contribution in [1.82, 2.24) is 14.3 Å². The number of hydrogen-bond acceptors (Lipinski definition) is 7. The Morgan fingerprint density at radius 2 is 1.92 bits per heavy atom. The molecule has 0 aliphatic rings. The minimum absolute atomic E-state index is 0.0169. The highest BCUT2D eigenvalue weighted by Crippen LogP contribution is 2.41. The Kier molecular flexibility index (Phi) is 8.50. The fourth-order valence-corrected chi connectivity index (χ4v) is 4.21. The molecule has 8 nitrogen and oxygen atoms in total. The lowest BCUT2D eigenvalue weighted by Gasteiger charge is -2.30. The Hall–Kier alpha value is -3.40. The summed E-state index contributed by atoms with van der Waals surface area (Å²) in [6.45, 7) is 5.17. The van der Waals surface area contributed by atoms with Crippen LogP contribution < -0.4 is 10.1 Å². The van der Waals surface area contributed by atoms with E-state index < -0.39 is 39.0 Å². The molecule has 0 radical (unpaired) electrons. The Morgan fingerprint density at radius 3 is 2.51 bits per heavy atom. The summed E-state index contributed by atoms with van der Waals surface area (Å²) in [4.78, 5) is 8.82. The first-order chi connectivity index (χ1) is 18.0. The highest BCUT2D eigenvalue weighted by Gasteiger charge is 2.49. The van der Waals surface area contributed by atoms with E-state index in [1.807, 2.05) is 0 Å². The number of ether oxygens (including phenoxy) is 1. The summed E-state index contributed by atoms with van der Waals surface area (Å²) in [5, 5.41) is 13.5. The third-order valence-electron chi connectivity index (χ3n) is 6.25. The van der Waals surface area contributed by atoms with E-state index >= 15 is 4.39 Å². The second kappa shape index (κ2) is 11.0. The second-order valence-electron chi connectivity index (χ2n) is 9.77. The van der Waals surface area contributed by atoms with Gasteiger partial charge in [-0.1, -0.05) is 18.1 Å². The van der Waals surface area contributed by atoms with Gasteiger partial charge in [0.15, 0.2) is 0 Å². The van der Waals surface area contributed by atoms with E-state index in [-0.39, 0.29) is 30.3 Å². The normalized spacial score (nSPS) is 13.4. The van der Waals surface area contributed by atoms with Crippen LogP contribution in [-0.2, 0) is 15.9 Å². The van der Waals surface area contributed by atoms with E-state index in [9.17, 15) is 22.3 Å². The number of rotatable bonds is 10. The molecular formula is C27H31F3N4O4S. The molecule has 1 heterocycles. The van der Waals surface area contributed by atoms with Crippen LogP contribution in [-0.4, -0.2) is 59.9 Å². The number of sulfonamides is 1. The third kappa shape index (κ3) is 6.43. The van der Waals surface area contributed by atoms with Gasteiger partial charge in [0.1, 0.15) is 35.4 Å². The van der Waals surface area contributed by atoms with Crippen LogP contribution in [0, 0.1) is 25.1 Å². The molecule has 0 saturated carbocycles. The topological polar surface area (TPSA) is 105 Å². The summed E-state index contributed by atoms with van der Waals surface area (Å²) in [5.41, 5.74) is -2.60. The number of aromatic nitrogens is 2. The molecule has 0 aliphatic heterocycles. The van der Waals surface area contributed by atoms with Gasteiger partial charge in [0.05, 0.1) is 28.9 Å². The van der Waals surface area contributed by atoms with Crippen LogP contribution in [0.1, 0.15) is 49.3 Å². The van der Waals surface area contributed by atoms with Gasteiger partial charge in [0, 0.05) is 24.5 Å². The smallest absolute Gasteiger partial charge is 0.303 e. The minimum atomic E-state index is -3.84. The molecule has 1 atom stereocenters. The van der Waals surface area contributed by atoms with Gasteiger partial charge in [0.25, 0.3) is 0 Å². The van der Waals surface area contributed by atoms with Gasteiger partial charge in [0.2, 0.25) is 10.0 Å². The minimum Gasteiger partial charge on any atom is -0.491 e. The Bertz CT molecular complexity index is 1530. The van der Waals surface area contributed by atoms with Crippen LogP contribution >= 0.6 is 0 Å². The fourth-order valence-electron chi connectivity index (χ4n) is 3.80. The van der Waals surface area contributed by atoms with Gasteiger partial charge in [-0.25, -0.2) is 27.1 Å². The van der Waals surface area contributed by atoms with E-state index in [2.05, 4.69) is 21.2 Å². The Morgan fingerprint density at radius 1 is 1.26 bits per heavy atom. The van der Waals surface area contributed by atoms with Gasteiger partial charge < -0.3 is 15.2 Å². The van der Waals surface area contributed by atoms with Crippen molar-refractivity contribution < 1.29 is 31.4 Å². The molecule has 3 rings (SSSR count). The molecule has 0 spiro atoms. The number of anilines is 1. The summed E-state index contributed by atoms with van der Waals surface area (Å²) in [6, 6.07) is 6.00. The molecule has 39 heavy (non-hydrogen) atoms. The molecular weight excluding hydrogens is 533 g/mol. The number of nitrogens with one attached hydrogen (secondary N) is 1. The van der Waals surface area contributed by atoms with Crippen molar-refractivity contribution in [3.63, 3.8) is 0 Å². The Labute approximate surface area is 226 Å². The molecule has 0 fully saturated rings. The molecule has 2 N–H and O–H groups in total. The number of terminal acetylenes is 1. The van der Waals surface area contributed by atoms with Crippen molar-refractivity contribution in [2.24, 2.45) is 0 Å². The maximum atomic E-state index is 15.3. The van der Waals surface area contributed by atoms with Crippen LogP contribution in [0.25, 0.3) is 10.9 Å². The van der Waals surface area contributed by atoms with Crippen molar-refractivity contribution in [1.29, 1.82) is 0 Å². The fraction of sp³-hybridized carbons (Fsp3) is 0.407. The van der Waals surface area contributed by atoms with E-state index in [0.717, 1.165) is 30.5 Å². The van der Waals surface area contributed by atoms with Crippen molar-refractivity contribution in [3.8, 4) is 18.1 Å². The van der Waals surface area contributed by atoms with Crippen molar-refractivity contribution >= 4 is 26.7 Å². The van der Waals surface area contributed by atoms with Gasteiger partial charge in [-0.05, 0) is 45.9 Å². The van der Waals surface area contributed by atoms with E-state index in [4.69, 9.17) is 11.2 Å². The van der Waals surface area contributed by atoms with Gasteiger partial charge in [-0.2, -0.15) is 8.78 Å². The van der Waals surface area contributed by atoms with Gasteiger partial charge in [-0.15, -0.1) is 6.42 Å². The van der Waals surface area contributed by atoms with Crippen molar-refractivity contribution in [3.05, 3.63) is 58.7 Å². The zero-order chi connectivity index (χ0) is 29.3. The second-order valence-corrected chi connectivity index (χ2v) is 11.9. The van der Waals surface area contributed by atoms with Crippen LogP contribution in [0.15, 0.2) is 30.3 Å². The summed E-state index contributed by atoms with van der Waals surface area (Å²) in [7, 11) is -1.97. The Balaban J connectivity index is 1.99. The maximum Gasteiger partial charge on any atom is 0.303 e. The largest absolute Gasteiger partial charge is 0.491 e. The zero-order valence-corrected chi connectivity index (χ0v) is 23.3. The average molecular weight is 565 g/mol. The SMILES string of the molecule is C#Cc1cc2nc(C)nc(NC(C)c3cccc(C(F)(F)C(C)(C)O)c3F)c2cc1OCCN(C)S(C)(=O)=O. The number of fused-ring (bicyclic) bond motifs is 1. The van der Waals surface area contributed by atoms with Crippen LogP contribution in [0.4, 0.5) is 19.0 Å². The molecule has 12 heteroatoms. The molecule has 0 saturated heterocycles. The number of likely N-dealkylation sites (N-methyl/N-ethyl adjacent to an activating group) is 1. The first-order valence-electron chi connectivity index (χ1n) is 12.0. The van der Waals surface area contributed by atoms with E-state index in [0.29, 0.717) is 22.3 Å². The molecule has 3 aromatic rings. The number of nitrogens with zero attached hydrogens (tertiary/aromatic N) is 3. The summed E-state index contributed by atoms with van der Waals surface area (Å²) >= 11 is 0. The lowest BCUT2D eigenvalue weighted by molar-refractivity contribution is -0.170. The standard InChI is InChI=1S/C27H31F3N4O4S/c1-8-18-14-22-20(15-23(18)38-13-12-34(6)39(7,36)37)25(33-17(3)32-22)31-16(2)19-10-9-11-21(24(19)28)27(29,30)26(4,5)35/h1,9-11,14-16,35H,12-13H2,2-7H3,(H,31,32,33). The predicted octanol–water partition coefficient (Wildman–Crippen LogP) is 4.36. The quantitative estimate of drug-likeness (QED) is 0.353. The number of aryl methyl sites for hydroxylation is 1. The first kappa shape index (κ1) is 30.1. The summed E-state index contributed by atoms with van der Waals surface area (Å²) in [5.74, 6) is -1.51. The monoisotopic (exact) mass is 564 g/mol. The lowest BCUT2D eigenvalue weighted by Crippen LogP contribution is -2.41. The van der Waals surface area contributed by atoms with Crippen LogP contribution in [0.3, 0.4) is 0 Å². The maximum absolute atomic E-state index is 15.3. The number of halogens is 3. The number of aliphatic hydroxyl groups is 1. The lowest BCUT2D eigenvalue weighted by atomic mass is 9.91. The van der Waals surface area contributed by atoms with E-state index in [1.165, 1.54) is 19.2 Å². The highest BCUT2D eigenvalue weighted by atomic mass is 32.2. The molecule has 2 aromatic carbocycles. The summed E-state index contributed by atoms with van der Waals surface area (Å²) in [6.07, 6.45) is 6.74. The van der Waals surface area contributed by atoms with Crippen molar-refractivity contribution in [2.75, 3.05) is 31.8 Å². The van der Waals surface area contributed by atoms with Gasteiger partial charge >= 0.3 is 5.92 Å². The first-order valence-corrected chi connectivity index (χ1v) is 13.8. The van der Waals surface area contributed by atoms with E-state index in [1.54, 1.807) is 26.0 Å². The molecule has 0 amide bonds. The average Bonchev–Trinajstić information content (AvgIpc) is 2.82. The molecule has 210 valence electrons. The number of benzene rings is 2. The highest BCUT2D eigenvalue weighted by molar-refractivity contribution is 7.88. The summed E-state index contributed by atoms with van der Waals surface area (Å²) < 4.78 is 75.1. The molecule has 1 unspecified atom stereocenters. The van der Waals surface area contributed by atoms with Crippen molar-refractivity contribution in [2.45, 2.75) is 45.3 Å². The molecule has 1 aromatic heterocycles.